The fraction of sp³-hybridized carbons (Fsp3) is 0.429. The second-order valence-electron chi connectivity index (χ2n) is 6.73. The molecule has 144 valence electrons. The number of rotatable bonds is 7. The van der Waals surface area contributed by atoms with E-state index in [9.17, 15) is 4.79 Å². The van der Waals surface area contributed by atoms with Gasteiger partial charge in [0.15, 0.2) is 0 Å². The van der Waals surface area contributed by atoms with Crippen LogP contribution in [0.5, 0.6) is 5.75 Å². The van der Waals surface area contributed by atoms with Gasteiger partial charge in [-0.2, -0.15) is 0 Å². The summed E-state index contributed by atoms with van der Waals surface area (Å²) in [6.07, 6.45) is 4.24. The number of methoxy groups -OCH3 is 1. The van der Waals surface area contributed by atoms with Crippen molar-refractivity contribution in [3.63, 3.8) is 0 Å². The molecule has 1 saturated heterocycles. The number of unbranched alkanes of at least 4 members (excludes halogenated alkanes) is 1. The number of ether oxygens (including phenoxy) is 1. The van der Waals surface area contributed by atoms with Gasteiger partial charge in [0.2, 0.25) is 5.91 Å². The third-order valence-electron chi connectivity index (χ3n) is 4.83. The molecule has 1 fully saturated rings. The Morgan fingerprint density at radius 1 is 1.07 bits per heavy atom. The maximum absolute atomic E-state index is 11.8. The molecule has 6 heteroatoms. The number of amides is 1. The molecule has 2 heterocycles. The lowest BCUT2D eigenvalue weighted by atomic mass is 10.2. The van der Waals surface area contributed by atoms with Crippen molar-refractivity contribution in [3.05, 3.63) is 42.6 Å². The van der Waals surface area contributed by atoms with Crippen LogP contribution in [0.3, 0.4) is 0 Å². The van der Waals surface area contributed by atoms with Crippen LogP contribution < -0.4 is 19.9 Å². The largest absolute Gasteiger partial charge is 0.497 e. The standard InChI is InChI=1S/C21H28N4O2/c1-3-4-5-21(26)23-17-6-11-20(22-16-17)25-14-12-24(13-15-25)18-7-9-19(27-2)10-8-18/h6-11,16H,3-5,12-15H2,1-2H3,(H,23,26). The highest BCUT2D eigenvalue weighted by atomic mass is 16.5. The summed E-state index contributed by atoms with van der Waals surface area (Å²) in [6.45, 7) is 5.81. The van der Waals surface area contributed by atoms with Crippen LogP contribution in [-0.4, -0.2) is 44.2 Å². The summed E-state index contributed by atoms with van der Waals surface area (Å²) in [5, 5.41) is 2.91. The first-order chi connectivity index (χ1) is 13.2. The number of hydrogen-bond acceptors (Lipinski definition) is 5. The minimum Gasteiger partial charge on any atom is -0.497 e. The zero-order valence-corrected chi connectivity index (χ0v) is 16.1. The van der Waals surface area contributed by atoms with Crippen molar-refractivity contribution in [2.45, 2.75) is 26.2 Å². The van der Waals surface area contributed by atoms with Gasteiger partial charge < -0.3 is 19.9 Å². The van der Waals surface area contributed by atoms with E-state index in [2.05, 4.69) is 39.2 Å². The minimum absolute atomic E-state index is 0.0551. The van der Waals surface area contributed by atoms with Crippen LogP contribution in [0.4, 0.5) is 17.2 Å². The third-order valence-corrected chi connectivity index (χ3v) is 4.83. The number of nitrogens with zero attached hydrogens (tertiary/aromatic N) is 3. The lowest BCUT2D eigenvalue weighted by molar-refractivity contribution is -0.116. The molecule has 1 N–H and O–H groups in total. The number of nitrogens with one attached hydrogen (secondary N) is 1. The quantitative estimate of drug-likeness (QED) is 0.810. The minimum atomic E-state index is 0.0551. The monoisotopic (exact) mass is 368 g/mol. The van der Waals surface area contributed by atoms with Gasteiger partial charge in [0.1, 0.15) is 11.6 Å². The number of carbonyl (C=O) groups is 1. The van der Waals surface area contributed by atoms with E-state index in [1.165, 1.54) is 5.69 Å². The van der Waals surface area contributed by atoms with E-state index >= 15 is 0 Å². The molecule has 0 unspecified atom stereocenters. The summed E-state index contributed by atoms with van der Waals surface area (Å²) in [4.78, 5) is 21.0. The number of hydrogen-bond donors (Lipinski definition) is 1. The van der Waals surface area contributed by atoms with Crippen molar-refractivity contribution in [2.75, 3.05) is 48.4 Å². The van der Waals surface area contributed by atoms with Crippen molar-refractivity contribution < 1.29 is 9.53 Å². The first-order valence-electron chi connectivity index (χ1n) is 9.59. The molecule has 2 aromatic rings. The Morgan fingerprint density at radius 2 is 1.78 bits per heavy atom. The van der Waals surface area contributed by atoms with Crippen LogP contribution in [-0.2, 0) is 4.79 Å². The summed E-state index contributed by atoms with van der Waals surface area (Å²) in [6, 6.07) is 12.1. The summed E-state index contributed by atoms with van der Waals surface area (Å²) in [5.41, 5.74) is 1.98. The molecular formula is C21H28N4O2. The van der Waals surface area contributed by atoms with Crippen molar-refractivity contribution in [3.8, 4) is 5.75 Å². The van der Waals surface area contributed by atoms with Gasteiger partial charge in [-0.25, -0.2) is 4.98 Å². The lowest BCUT2D eigenvalue weighted by Crippen LogP contribution is -2.46. The van der Waals surface area contributed by atoms with Crippen LogP contribution in [0.15, 0.2) is 42.6 Å². The molecule has 1 aromatic carbocycles. The molecule has 0 bridgehead atoms. The van der Waals surface area contributed by atoms with Gasteiger partial charge in [0, 0.05) is 38.3 Å². The Labute approximate surface area is 161 Å². The van der Waals surface area contributed by atoms with E-state index < -0.39 is 0 Å². The highest BCUT2D eigenvalue weighted by Crippen LogP contribution is 2.22. The molecule has 1 amide bonds. The van der Waals surface area contributed by atoms with Gasteiger partial charge in [0.25, 0.3) is 0 Å². The van der Waals surface area contributed by atoms with Crippen molar-refractivity contribution in [1.29, 1.82) is 0 Å². The van der Waals surface area contributed by atoms with E-state index in [4.69, 9.17) is 4.74 Å². The molecule has 0 aliphatic carbocycles. The van der Waals surface area contributed by atoms with E-state index in [-0.39, 0.29) is 5.91 Å². The average Bonchev–Trinajstić information content (AvgIpc) is 2.73. The van der Waals surface area contributed by atoms with Crippen LogP contribution in [0.2, 0.25) is 0 Å². The molecule has 0 atom stereocenters. The van der Waals surface area contributed by atoms with Crippen molar-refractivity contribution in [2.24, 2.45) is 0 Å². The van der Waals surface area contributed by atoms with Gasteiger partial charge in [-0.05, 0) is 42.8 Å². The average molecular weight is 368 g/mol. The Hall–Kier alpha value is -2.76. The van der Waals surface area contributed by atoms with E-state index in [0.29, 0.717) is 6.42 Å². The number of pyridine rings is 1. The van der Waals surface area contributed by atoms with Gasteiger partial charge >= 0.3 is 0 Å². The second-order valence-corrected chi connectivity index (χ2v) is 6.73. The molecule has 1 aromatic heterocycles. The highest BCUT2D eigenvalue weighted by Gasteiger charge is 2.18. The zero-order chi connectivity index (χ0) is 19.1. The summed E-state index contributed by atoms with van der Waals surface area (Å²) >= 11 is 0. The van der Waals surface area contributed by atoms with E-state index in [0.717, 1.165) is 56.3 Å². The van der Waals surface area contributed by atoms with Crippen LogP contribution in [0, 0.1) is 0 Å². The van der Waals surface area contributed by atoms with Gasteiger partial charge in [0.05, 0.1) is 19.0 Å². The number of aromatic nitrogens is 1. The fourth-order valence-corrected chi connectivity index (χ4v) is 3.19. The maximum Gasteiger partial charge on any atom is 0.224 e. The molecular weight excluding hydrogens is 340 g/mol. The molecule has 3 rings (SSSR count). The summed E-state index contributed by atoms with van der Waals surface area (Å²) in [7, 11) is 1.68. The number of anilines is 3. The predicted octanol–water partition coefficient (Wildman–Crippen LogP) is 3.55. The fourth-order valence-electron chi connectivity index (χ4n) is 3.19. The number of carbonyl (C=O) groups excluding carboxylic acids is 1. The van der Waals surface area contributed by atoms with Gasteiger partial charge in [-0.3, -0.25) is 4.79 Å². The molecule has 6 nitrogen and oxygen atoms in total. The smallest absolute Gasteiger partial charge is 0.224 e. The first kappa shape index (κ1) is 19.0. The maximum atomic E-state index is 11.8. The van der Waals surface area contributed by atoms with E-state index in [1.54, 1.807) is 13.3 Å². The molecule has 0 saturated carbocycles. The van der Waals surface area contributed by atoms with Crippen LogP contribution in [0.25, 0.3) is 0 Å². The Morgan fingerprint density at radius 3 is 2.37 bits per heavy atom. The molecule has 0 radical (unpaired) electrons. The van der Waals surface area contributed by atoms with E-state index in [1.807, 2.05) is 24.3 Å². The van der Waals surface area contributed by atoms with Gasteiger partial charge in [-0.1, -0.05) is 13.3 Å². The normalized spacial score (nSPS) is 14.1. The Balaban J connectivity index is 1.52. The summed E-state index contributed by atoms with van der Waals surface area (Å²) in [5.74, 6) is 1.89. The SMILES string of the molecule is CCCCC(=O)Nc1ccc(N2CCN(c3ccc(OC)cc3)CC2)nc1. The van der Waals surface area contributed by atoms with Gasteiger partial charge in [-0.15, -0.1) is 0 Å². The van der Waals surface area contributed by atoms with Crippen LogP contribution >= 0.6 is 0 Å². The number of benzene rings is 1. The molecule has 27 heavy (non-hydrogen) atoms. The number of piperazine rings is 1. The highest BCUT2D eigenvalue weighted by molar-refractivity contribution is 5.90. The summed E-state index contributed by atoms with van der Waals surface area (Å²) < 4.78 is 5.22. The third kappa shape index (κ3) is 5.12. The predicted molar refractivity (Wildman–Crippen MR) is 110 cm³/mol. The Kier molecular flexibility index (Phi) is 6.52. The Bertz CT molecular complexity index is 723. The van der Waals surface area contributed by atoms with Crippen molar-refractivity contribution in [1.82, 2.24) is 4.98 Å². The van der Waals surface area contributed by atoms with Crippen molar-refractivity contribution >= 4 is 23.1 Å². The molecule has 1 aliphatic rings. The second kappa shape index (κ2) is 9.26. The molecule has 1 aliphatic heterocycles. The van der Waals surface area contributed by atoms with Crippen LogP contribution in [0.1, 0.15) is 26.2 Å². The topological polar surface area (TPSA) is 57.7 Å². The zero-order valence-electron chi connectivity index (χ0n) is 16.1. The first-order valence-corrected chi connectivity index (χ1v) is 9.59. The lowest BCUT2D eigenvalue weighted by Gasteiger charge is -2.36. The molecule has 0 spiro atoms.